The van der Waals surface area contributed by atoms with Gasteiger partial charge in [0, 0.05) is 0 Å². The first-order chi connectivity index (χ1) is 9.77. The standard InChI is InChI=1S/C15H19N3O2/c19-15(20)12-9-6-10-13-14(12)18(17-16-13)11-7-4-2-1-3-5-8-11/h6,9-11H,1-5,7-8H2,(H,19,20). The van der Waals surface area contributed by atoms with Crippen molar-refractivity contribution in [2.75, 3.05) is 0 Å². The van der Waals surface area contributed by atoms with Gasteiger partial charge >= 0.3 is 5.97 Å². The SMILES string of the molecule is O=C(O)c1cccc2nnn(C3CCCCCCC3)c12. The lowest BCUT2D eigenvalue weighted by Gasteiger charge is -2.20. The Morgan fingerprint density at radius 3 is 2.55 bits per heavy atom. The molecule has 5 nitrogen and oxygen atoms in total. The summed E-state index contributed by atoms with van der Waals surface area (Å²) in [5.74, 6) is -0.912. The zero-order valence-electron chi connectivity index (χ0n) is 11.5. The van der Waals surface area contributed by atoms with Crippen molar-refractivity contribution in [1.29, 1.82) is 0 Å². The van der Waals surface area contributed by atoms with Gasteiger partial charge in [0.05, 0.1) is 11.6 Å². The van der Waals surface area contributed by atoms with Gasteiger partial charge in [0.1, 0.15) is 11.0 Å². The van der Waals surface area contributed by atoms with Gasteiger partial charge in [-0.3, -0.25) is 0 Å². The molecule has 0 aliphatic heterocycles. The molecule has 1 aliphatic carbocycles. The fourth-order valence-electron chi connectivity index (χ4n) is 3.10. The maximum Gasteiger partial charge on any atom is 0.337 e. The van der Waals surface area contributed by atoms with E-state index in [4.69, 9.17) is 0 Å². The van der Waals surface area contributed by atoms with Crippen molar-refractivity contribution in [2.45, 2.75) is 51.0 Å². The van der Waals surface area contributed by atoms with Crippen LogP contribution in [0.5, 0.6) is 0 Å². The normalized spacial score (nSPS) is 17.8. The zero-order chi connectivity index (χ0) is 13.9. The molecule has 1 fully saturated rings. The first-order valence-electron chi connectivity index (χ1n) is 7.34. The Kier molecular flexibility index (Phi) is 3.67. The average Bonchev–Trinajstić information content (AvgIpc) is 2.82. The Morgan fingerprint density at radius 1 is 1.15 bits per heavy atom. The minimum absolute atomic E-state index is 0.279. The minimum atomic E-state index is -0.912. The number of para-hydroxylation sites is 1. The minimum Gasteiger partial charge on any atom is -0.478 e. The number of hydrogen-bond acceptors (Lipinski definition) is 3. The number of aromatic nitrogens is 3. The second-order valence-electron chi connectivity index (χ2n) is 5.51. The second-order valence-corrected chi connectivity index (χ2v) is 5.51. The van der Waals surface area contributed by atoms with E-state index >= 15 is 0 Å². The Morgan fingerprint density at radius 2 is 1.85 bits per heavy atom. The monoisotopic (exact) mass is 273 g/mol. The summed E-state index contributed by atoms with van der Waals surface area (Å²) in [5, 5.41) is 17.7. The number of nitrogens with zero attached hydrogens (tertiary/aromatic N) is 3. The third-order valence-corrected chi connectivity index (χ3v) is 4.14. The number of aromatic carboxylic acids is 1. The Balaban J connectivity index is 2.03. The Bertz CT molecular complexity index is 613. The molecule has 0 saturated heterocycles. The maximum atomic E-state index is 11.4. The van der Waals surface area contributed by atoms with E-state index in [2.05, 4.69) is 10.3 Å². The molecule has 1 saturated carbocycles. The van der Waals surface area contributed by atoms with E-state index in [1.807, 2.05) is 10.7 Å². The van der Waals surface area contributed by atoms with Crippen LogP contribution < -0.4 is 0 Å². The van der Waals surface area contributed by atoms with E-state index < -0.39 is 5.97 Å². The van der Waals surface area contributed by atoms with Crippen LogP contribution in [0.4, 0.5) is 0 Å². The molecule has 0 radical (unpaired) electrons. The smallest absolute Gasteiger partial charge is 0.337 e. The molecule has 0 amide bonds. The lowest BCUT2D eigenvalue weighted by Crippen LogP contribution is -2.14. The van der Waals surface area contributed by atoms with Crippen LogP contribution in [0, 0.1) is 0 Å². The lowest BCUT2D eigenvalue weighted by molar-refractivity contribution is 0.0698. The van der Waals surface area contributed by atoms with E-state index in [0.29, 0.717) is 16.6 Å². The van der Waals surface area contributed by atoms with Gasteiger partial charge in [-0.2, -0.15) is 0 Å². The van der Waals surface area contributed by atoms with Gasteiger partial charge in [-0.15, -0.1) is 5.10 Å². The van der Waals surface area contributed by atoms with Crippen LogP contribution in [-0.2, 0) is 0 Å². The summed E-state index contributed by atoms with van der Waals surface area (Å²) in [5.41, 5.74) is 1.65. The predicted molar refractivity (Wildman–Crippen MR) is 75.8 cm³/mol. The molecule has 2 aromatic rings. The summed E-state index contributed by atoms with van der Waals surface area (Å²) in [6.45, 7) is 0. The van der Waals surface area contributed by atoms with E-state index in [1.165, 1.54) is 32.1 Å². The van der Waals surface area contributed by atoms with E-state index in [1.54, 1.807) is 12.1 Å². The molecular weight excluding hydrogens is 254 g/mol. The summed E-state index contributed by atoms with van der Waals surface area (Å²) < 4.78 is 1.85. The topological polar surface area (TPSA) is 68.0 Å². The molecule has 0 unspecified atom stereocenters. The van der Waals surface area contributed by atoms with Crippen LogP contribution in [0.1, 0.15) is 61.3 Å². The number of benzene rings is 1. The average molecular weight is 273 g/mol. The molecule has 1 aromatic heterocycles. The van der Waals surface area contributed by atoms with Crippen molar-refractivity contribution in [3.05, 3.63) is 23.8 Å². The van der Waals surface area contributed by atoms with Crippen LogP contribution in [0.3, 0.4) is 0 Å². The molecule has 106 valence electrons. The lowest BCUT2D eigenvalue weighted by atomic mass is 9.96. The molecule has 1 N–H and O–H groups in total. The van der Waals surface area contributed by atoms with Gasteiger partial charge in [0.2, 0.25) is 0 Å². The fraction of sp³-hybridized carbons (Fsp3) is 0.533. The highest BCUT2D eigenvalue weighted by Gasteiger charge is 2.21. The Hall–Kier alpha value is -1.91. The molecule has 1 heterocycles. The van der Waals surface area contributed by atoms with Crippen molar-refractivity contribution in [1.82, 2.24) is 15.0 Å². The van der Waals surface area contributed by atoms with Crippen molar-refractivity contribution in [2.24, 2.45) is 0 Å². The number of carboxylic acids is 1. The first kappa shape index (κ1) is 13.1. The predicted octanol–water partition coefficient (Wildman–Crippen LogP) is 3.41. The molecule has 0 atom stereocenters. The third kappa shape index (κ3) is 2.40. The van der Waals surface area contributed by atoms with Gasteiger partial charge in [-0.25, -0.2) is 9.48 Å². The van der Waals surface area contributed by atoms with E-state index in [0.717, 1.165) is 12.8 Å². The number of fused-ring (bicyclic) bond motifs is 1. The summed E-state index contributed by atoms with van der Waals surface area (Å²) >= 11 is 0. The van der Waals surface area contributed by atoms with Crippen LogP contribution in [0.15, 0.2) is 18.2 Å². The third-order valence-electron chi connectivity index (χ3n) is 4.14. The molecule has 20 heavy (non-hydrogen) atoms. The number of rotatable bonds is 2. The Labute approximate surface area is 117 Å². The van der Waals surface area contributed by atoms with E-state index in [9.17, 15) is 9.90 Å². The van der Waals surface area contributed by atoms with Crippen LogP contribution in [0.25, 0.3) is 11.0 Å². The fourth-order valence-corrected chi connectivity index (χ4v) is 3.10. The maximum absolute atomic E-state index is 11.4. The molecule has 1 aliphatic rings. The zero-order valence-corrected chi connectivity index (χ0v) is 11.5. The summed E-state index contributed by atoms with van der Waals surface area (Å²) in [6, 6.07) is 5.46. The van der Waals surface area contributed by atoms with Gasteiger partial charge in [-0.05, 0) is 25.0 Å². The largest absolute Gasteiger partial charge is 0.478 e. The highest BCUT2D eigenvalue weighted by atomic mass is 16.4. The summed E-state index contributed by atoms with van der Waals surface area (Å²) in [6.07, 6.45) is 8.32. The van der Waals surface area contributed by atoms with Crippen LogP contribution >= 0.6 is 0 Å². The van der Waals surface area contributed by atoms with Crippen molar-refractivity contribution < 1.29 is 9.90 Å². The number of hydrogen-bond donors (Lipinski definition) is 1. The van der Waals surface area contributed by atoms with Gasteiger partial charge < -0.3 is 5.11 Å². The van der Waals surface area contributed by atoms with Gasteiger partial charge in [-0.1, -0.05) is 43.4 Å². The highest BCUT2D eigenvalue weighted by molar-refractivity contribution is 6.00. The summed E-state index contributed by atoms with van der Waals surface area (Å²) in [7, 11) is 0. The van der Waals surface area contributed by atoms with Crippen LogP contribution in [-0.4, -0.2) is 26.1 Å². The highest BCUT2D eigenvalue weighted by Crippen LogP contribution is 2.29. The molecule has 3 rings (SSSR count). The number of carboxylic acid groups (broad SMARTS) is 1. The van der Waals surface area contributed by atoms with Crippen LogP contribution in [0.2, 0.25) is 0 Å². The first-order valence-corrected chi connectivity index (χ1v) is 7.34. The second kappa shape index (κ2) is 5.61. The molecule has 1 aromatic carbocycles. The van der Waals surface area contributed by atoms with Gasteiger partial charge in [0.15, 0.2) is 0 Å². The van der Waals surface area contributed by atoms with Crippen molar-refractivity contribution >= 4 is 17.0 Å². The molecule has 0 spiro atoms. The van der Waals surface area contributed by atoms with E-state index in [-0.39, 0.29) is 6.04 Å². The molecule has 0 bridgehead atoms. The quantitative estimate of drug-likeness (QED) is 0.910. The summed E-state index contributed by atoms with van der Waals surface area (Å²) in [4.78, 5) is 11.4. The van der Waals surface area contributed by atoms with Gasteiger partial charge in [0.25, 0.3) is 0 Å². The van der Waals surface area contributed by atoms with Crippen molar-refractivity contribution in [3.8, 4) is 0 Å². The molecular formula is C15H19N3O2. The molecule has 5 heteroatoms. The van der Waals surface area contributed by atoms with Crippen molar-refractivity contribution in [3.63, 3.8) is 0 Å². The number of carbonyl (C=O) groups is 1.